The number of rotatable bonds is 3. The van der Waals surface area contributed by atoms with E-state index in [0.717, 1.165) is 32.5 Å². The molecule has 0 saturated carbocycles. The van der Waals surface area contributed by atoms with E-state index in [9.17, 15) is 4.79 Å². The summed E-state index contributed by atoms with van der Waals surface area (Å²) >= 11 is 1.71. The average molecular weight is 390 g/mol. The number of hydrogen-bond acceptors (Lipinski definition) is 4. The van der Waals surface area contributed by atoms with Crippen molar-refractivity contribution in [3.8, 4) is 0 Å². The molecule has 1 aliphatic heterocycles. The third-order valence-corrected chi connectivity index (χ3v) is 5.96. The Morgan fingerprint density at radius 1 is 0.750 bits per heavy atom. The summed E-state index contributed by atoms with van der Waals surface area (Å²) in [6, 6.07) is 22.0. The number of carbonyl (C=O) groups excluding carboxylic acids is 1. The molecular weight excluding hydrogens is 366 g/mol. The predicted octanol–water partition coefficient (Wildman–Crippen LogP) is 5.26. The molecule has 0 atom stereocenters. The van der Waals surface area contributed by atoms with Crippen LogP contribution in [0.2, 0.25) is 0 Å². The van der Waals surface area contributed by atoms with Crippen molar-refractivity contribution in [1.29, 1.82) is 0 Å². The van der Waals surface area contributed by atoms with Gasteiger partial charge in [0.1, 0.15) is 0 Å². The van der Waals surface area contributed by atoms with Crippen LogP contribution in [0, 0.1) is 0 Å². The Bertz CT molecular complexity index is 1030. The molecule has 1 aliphatic rings. The Morgan fingerprint density at radius 2 is 1.39 bits per heavy atom. The van der Waals surface area contributed by atoms with Crippen LogP contribution in [0.5, 0.6) is 0 Å². The minimum Gasteiger partial charge on any atom is -0.378 e. The van der Waals surface area contributed by atoms with Crippen LogP contribution in [0.3, 0.4) is 0 Å². The first kappa shape index (κ1) is 18.4. The Morgan fingerprint density at radius 3 is 2.07 bits per heavy atom. The fourth-order valence-corrected chi connectivity index (χ4v) is 4.34. The number of hydrogen-bond donors (Lipinski definition) is 0. The van der Waals surface area contributed by atoms with Gasteiger partial charge in [0.2, 0.25) is 0 Å². The first-order valence-corrected chi connectivity index (χ1v) is 9.97. The number of nitrogens with zero attached hydrogens (tertiary/aromatic N) is 3. The van der Waals surface area contributed by atoms with Gasteiger partial charge in [-0.15, -0.1) is 0 Å². The molecule has 0 fully saturated rings. The SMILES string of the molecule is CN(C)c1ccc2c(c1)Sc1ccc(N(C)C)cc1N2C(=O)c1ccccc1. The molecule has 1 heterocycles. The van der Waals surface area contributed by atoms with Gasteiger partial charge in [-0.25, -0.2) is 0 Å². The highest BCUT2D eigenvalue weighted by atomic mass is 32.2. The molecule has 0 aliphatic carbocycles. The maximum absolute atomic E-state index is 13.5. The summed E-state index contributed by atoms with van der Waals surface area (Å²) < 4.78 is 0. The molecule has 3 aromatic rings. The standard InChI is InChI=1S/C23H23N3OS/c1-24(2)17-11-13-21-20(14-17)26(23(27)16-8-6-5-7-9-16)19-12-10-18(25(3)4)15-22(19)28-21/h5-15H,1-4H3. The zero-order valence-electron chi connectivity index (χ0n) is 16.5. The van der Waals surface area contributed by atoms with Crippen molar-refractivity contribution >= 4 is 40.4 Å². The molecule has 28 heavy (non-hydrogen) atoms. The van der Waals surface area contributed by atoms with Gasteiger partial charge in [-0.05, 0) is 48.5 Å². The molecule has 142 valence electrons. The number of amides is 1. The largest absolute Gasteiger partial charge is 0.378 e. The van der Waals surface area contributed by atoms with E-state index in [1.165, 1.54) is 0 Å². The summed E-state index contributed by atoms with van der Waals surface area (Å²) in [4.78, 5) is 21.7. The first-order valence-electron chi connectivity index (χ1n) is 9.16. The van der Waals surface area contributed by atoms with Gasteiger partial charge in [-0.3, -0.25) is 9.69 Å². The van der Waals surface area contributed by atoms with Crippen molar-refractivity contribution in [2.45, 2.75) is 9.79 Å². The zero-order chi connectivity index (χ0) is 19.8. The van der Waals surface area contributed by atoms with Crippen molar-refractivity contribution in [2.75, 3.05) is 42.9 Å². The lowest BCUT2D eigenvalue weighted by Gasteiger charge is -2.33. The molecule has 0 unspecified atom stereocenters. The number of anilines is 4. The second-order valence-corrected chi connectivity index (χ2v) is 8.29. The third kappa shape index (κ3) is 3.22. The van der Waals surface area contributed by atoms with Crippen molar-refractivity contribution in [2.24, 2.45) is 0 Å². The van der Waals surface area contributed by atoms with Gasteiger partial charge in [0.05, 0.1) is 11.4 Å². The van der Waals surface area contributed by atoms with E-state index < -0.39 is 0 Å². The summed E-state index contributed by atoms with van der Waals surface area (Å²) in [5.74, 6) is -0.0168. The average Bonchev–Trinajstić information content (AvgIpc) is 2.71. The molecule has 4 nitrogen and oxygen atoms in total. The predicted molar refractivity (Wildman–Crippen MR) is 119 cm³/mol. The highest BCUT2D eigenvalue weighted by Crippen LogP contribution is 2.50. The molecule has 0 saturated heterocycles. The van der Waals surface area contributed by atoms with Crippen LogP contribution in [-0.4, -0.2) is 34.1 Å². The number of fused-ring (bicyclic) bond motifs is 2. The van der Waals surface area contributed by atoms with Crippen molar-refractivity contribution in [3.63, 3.8) is 0 Å². The summed E-state index contributed by atoms with van der Waals surface area (Å²) in [6.07, 6.45) is 0. The van der Waals surface area contributed by atoms with E-state index in [1.54, 1.807) is 11.8 Å². The minimum absolute atomic E-state index is 0.0168. The van der Waals surface area contributed by atoms with Gasteiger partial charge in [0, 0.05) is 54.9 Å². The minimum atomic E-state index is -0.0168. The van der Waals surface area contributed by atoms with E-state index in [0.29, 0.717) is 5.56 Å². The Balaban J connectivity index is 1.90. The molecule has 0 radical (unpaired) electrons. The maximum Gasteiger partial charge on any atom is 0.262 e. The molecular formula is C23H23N3OS. The Hall–Kier alpha value is -2.92. The number of benzene rings is 3. The van der Waals surface area contributed by atoms with Gasteiger partial charge in [-0.2, -0.15) is 0 Å². The fourth-order valence-electron chi connectivity index (χ4n) is 3.27. The van der Waals surface area contributed by atoms with Crippen LogP contribution in [0.15, 0.2) is 76.5 Å². The van der Waals surface area contributed by atoms with Crippen LogP contribution in [-0.2, 0) is 0 Å². The van der Waals surface area contributed by atoms with Crippen LogP contribution >= 0.6 is 11.8 Å². The second-order valence-electron chi connectivity index (χ2n) is 7.20. The normalized spacial score (nSPS) is 12.2. The summed E-state index contributed by atoms with van der Waals surface area (Å²) in [7, 11) is 8.08. The topological polar surface area (TPSA) is 26.8 Å². The van der Waals surface area contributed by atoms with Crippen LogP contribution in [0.1, 0.15) is 10.4 Å². The Labute approximate surface area is 170 Å². The smallest absolute Gasteiger partial charge is 0.262 e. The van der Waals surface area contributed by atoms with Crippen LogP contribution in [0.25, 0.3) is 0 Å². The molecule has 5 heteroatoms. The van der Waals surface area contributed by atoms with Gasteiger partial charge in [0.15, 0.2) is 0 Å². The monoisotopic (exact) mass is 389 g/mol. The molecule has 3 aromatic carbocycles. The highest BCUT2D eigenvalue weighted by Gasteiger charge is 2.29. The lowest BCUT2D eigenvalue weighted by molar-refractivity contribution is 0.0998. The molecule has 0 spiro atoms. The van der Waals surface area contributed by atoms with Crippen molar-refractivity contribution in [3.05, 3.63) is 72.3 Å². The fraction of sp³-hybridized carbons (Fsp3) is 0.174. The van der Waals surface area contributed by atoms with E-state index in [-0.39, 0.29) is 5.91 Å². The van der Waals surface area contributed by atoms with Gasteiger partial charge >= 0.3 is 0 Å². The quantitative estimate of drug-likeness (QED) is 0.610. The highest BCUT2D eigenvalue weighted by molar-refractivity contribution is 7.99. The lowest BCUT2D eigenvalue weighted by atomic mass is 10.1. The van der Waals surface area contributed by atoms with E-state index in [4.69, 9.17) is 0 Å². The van der Waals surface area contributed by atoms with E-state index in [2.05, 4.69) is 40.1 Å². The van der Waals surface area contributed by atoms with Crippen molar-refractivity contribution < 1.29 is 4.79 Å². The molecule has 4 rings (SSSR count). The zero-order valence-corrected chi connectivity index (χ0v) is 17.3. The lowest BCUT2D eigenvalue weighted by Crippen LogP contribution is -2.29. The first-order chi connectivity index (χ1) is 13.5. The molecule has 0 N–H and O–H groups in total. The van der Waals surface area contributed by atoms with E-state index >= 15 is 0 Å². The van der Waals surface area contributed by atoms with Gasteiger partial charge in [0.25, 0.3) is 5.91 Å². The second kappa shape index (κ2) is 7.24. The van der Waals surface area contributed by atoms with Crippen molar-refractivity contribution in [1.82, 2.24) is 0 Å². The van der Waals surface area contributed by atoms with Crippen LogP contribution < -0.4 is 14.7 Å². The van der Waals surface area contributed by atoms with Crippen LogP contribution in [0.4, 0.5) is 22.7 Å². The summed E-state index contributed by atoms with van der Waals surface area (Å²) in [5, 5.41) is 0. The maximum atomic E-state index is 13.5. The Kier molecular flexibility index (Phi) is 4.77. The summed E-state index contributed by atoms with van der Waals surface area (Å²) in [5.41, 5.74) is 4.71. The molecule has 1 amide bonds. The number of carbonyl (C=O) groups is 1. The molecule has 0 aromatic heterocycles. The van der Waals surface area contributed by atoms with E-state index in [1.807, 2.05) is 69.5 Å². The molecule has 0 bridgehead atoms. The third-order valence-electron chi connectivity index (χ3n) is 4.84. The van der Waals surface area contributed by atoms with Gasteiger partial charge < -0.3 is 9.80 Å². The summed E-state index contributed by atoms with van der Waals surface area (Å²) in [6.45, 7) is 0. The van der Waals surface area contributed by atoms with Gasteiger partial charge in [-0.1, -0.05) is 30.0 Å².